The summed E-state index contributed by atoms with van der Waals surface area (Å²) >= 11 is 1.34. The van der Waals surface area contributed by atoms with Crippen LogP contribution >= 0.6 is 11.8 Å². The van der Waals surface area contributed by atoms with Gasteiger partial charge >= 0.3 is 0 Å². The van der Waals surface area contributed by atoms with Crippen molar-refractivity contribution in [1.82, 2.24) is 19.9 Å². The van der Waals surface area contributed by atoms with E-state index in [4.69, 9.17) is 4.52 Å². The topological polar surface area (TPSA) is 85.8 Å². The highest BCUT2D eigenvalue weighted by Gasteiger charge is 2.20. The number of rotatable bonds is 6. The van der Waals surface area contributed by atoms with E-state index < -0.39 is 0 Å². The molecule has 8 heteroatoms. The van der Waals surface area contributed by atoms with Crippen LogP contribution in [0.4, 0.5) is 5.88 Å². The highest BCUT2D eigenvalue weighted by atomic mass is 32.2. The molecule has 2 heterocycles. The van der Waals surface area contributed by atoms with Gasteiger partial charge in [0.2, 0.25) is 11.8 Å². The number of nitrogens with one attached hydrogen (secondary N) is 1. The van der Waals surface area contributed by atoms with Crippen molar-refractivity contribution in [2.75, 3.05) is 11.1 Å². The molecule has 1 N–H and O–H groups in total. The van der Waals surface area contributed by atoms with Crippen LogP contribution in [-0.2, 0) is 16.8 Å². The van der Waals surface area contributed by atoms with Gasteiger partial charge in [0.05, 0.1) is 11.4 Å². The minimum atomic E-state index is -0.177. The van der Waals surface area contributed by atoms with E-state index in [-0.39, 0.29) is 17.1 Å². The molecule has 0 atom stereocenters. The number of nitrogens with zero attached hydrogens (tertiary/aromatic N) is 4. The maximum absolute atomic E-state index is 12.2. The highest BCUT2D eigenvalue weighted by Crippen LogP contribution is 2.25. The van der Waals surface area contributed by atoms with E-state index in [0.29, 0.717) is 11.0 Å². The molecule has 0 saturated carbocycles. The van der Waals surface area contributed by atoms with E-state index in [1.165, 1.54) is 11.8 Å². The summed E-state index contributed by atoms with van der Waals surface area (Å²) in [5.74, 6) is 1.18. The molecule has 0 fully saturated rings. The molecule has 0 bridgehead atoms. The predicted octanol–water partition coefficient (Wildman–Crippen LogP) is 3.98. The predicted molar refractivity (Wildman–Crippen MR) is 106 cm³/mol. The van der Waals surface area contributed by atoms with Crippen LogP contribution in [0.25, 0.3) is 11.4 Å². The van der Waals surface area contributed by atoms with Gasteiger partial charge in [-0.3, -0.25) is 10.1 Å². The van der Waals surface area contributed by atoms with E-state index in [1.807, 2.05) is 62.6 Å². The maximum Gasteiger partial charge on any atom is 0.237 e. The summed E-state index contributed by atoms with van der Waals surface area (Å²) in [6.07, 6.45) is 0. The lowest BCUT2D eigenvalue weighted by molar-refractivity contribution is -0.113. The third kappa shape index (κ3) is 4.57. The van der Waals surface area contributed by atoms with E-state index in [9.17, 15) is 4.79 Å². The number of thioether (sulfide) groups is 1. The largest absolute Gasteiger partial charge is 0.338 e. The van der Waals surface area contributed by atoms with Gasteiger partial charge in [-0.2, -0.15) is 0 Å². The van der Waals surface area contributed by atoms with Crippen molar-refractivity contribution in [1.29, 1.82) is 0 Å². The molecule has 1 aromatic carbocycles. The molecular weight excluding hydrogens is 362 g/mol. The lowest BCUT2D eigenvalue weighted by Gasteiger charge is -2.12. The number of hydrogen-bond acceptors (Lipinski definition) is 6. The smallest absolute Gasteiger partial charge is 0.237 e. The summed E-state index contributed by atoms with van der Waals surface area (Å²) in [6, 6.07) is 11.6. The third-order valence-corrected chi connectivity index (χ3v) is 4.91. The van der Waals surface area contributed by atoms with Gasteiger partial charge in [-0.05, 0) is 6.92 Å². The molecule has 0 unspecified atom stereocenters. The quantitative estimate of drug-likeness (QED) is 0.646. The first-order valence-corrected chi connectivity index (χ1v) is 9.75. The normalized spacial score (nSPS) is 11.6. The summed E-state index contributed by atoms with van der Waals surface area (Å²) in [7, 11) is 0. The van der Waals surface area contributed by atoms with Crippen molar-refractivity contribution in [3.8, 4) is 11.4 Å². The third-order valence-electron chi connectivity index (χ3n) is 3.94. The van der Waals surface area contributed by atoms with Gasteiger partial charge in [0.25, 0.3) is 0 Å². The average Bonchev–Trinajstić information content (AvgIpc) is 3.27. The highest BCUT2D eigenvalue weighted by molar-refractivity contribution is 7.99. The van der Waals surface area contributed by atoms with Crippen molar-refractivity contribution < 1.29 is 9.32 Å². The van der Waals surface area contributed by atoms with Crippen LogP contribution in [0.1, 0.15) is 33.4 Å². The first-order valence-electron chi connectivity index (χ1n) is 8.77. The van der Waals surface area contributed by atoms with Crippen molar-refractivity contribution in [3.63, 3.8) is 0 Å². The fourth-order valence-electron chi connectivity index (χ4n) is 2.47. The SMILES string of the molecule is CCn1c(SCC(=O)Nc2cc(C(C)(C)C)no2)nnc1-c1ccccc1. The molecule has 7 nitrogen and oxygen atoms in total. The van der Waals surface area contributed by atoms with E-state index >= 15 is 0 Å². The molecule has 0 radical (unpaired) electrons. The summed E-state index contributed by atoms with van der Waals surface area (Å²) in [5.41, 5.74) is 1.66. The summed E-state index contributed by atoms with van der Waals surface area (Å²) in [4.78, 5) is 12.2. The van der Waals surface area contributed by atoms with Crippen LogP contribution in [0, 0.1) is 0 Å². The van der Waals surface area contributed by atoms with Crippen LogP contribution < -0.4 is 5.32 Å². The Labute approximate surface area is 162 Å². The number of carbonyl (C=O) groups is 1. The zero-order chi connectivity index (χ0) is 19.4. The van der Waals surface area contributed by atoms with Crippen LogP contribution in [-0.4, -0.2) is 31.6 Å². The first kappa shape index (κ1) is 19.2. The van der Waals surface area contributed by atoms with Gasteiger partial charge in [0.15, 0.2) is 11.0 Å². The number of carbonyl (C=O) groups excluding carboxylic acids is 1. The number of aromatic nitrogens is 4. The molecule has 0 aliphatic heterocycles. The van der Waals surface area contributed by atoms with Crippen LogP contribution in [0.5, 0.6) is 0 Å². The Bertz CT molecular complexity index is 912. The van der Waals surface area contributed by atoms with Crippen LogP contribution in [0.15, 0.2) is 46.1 Å². The fraction of sp³-hybridized carbons (Fsp3) is 0.368. The van der Waals surface area contributed by atoms with Crippen LogP contribution in [0.2, 0.25) is 0 Å². The lowest BCUT2D eigenvalue weighted by Crippen LogP contribution is -2.14. The van der Waals surface area contributed by atoms with Gasteiger partial charge in [-0.25, -0.2) is 0 Å². The lowest BCUT2D eigenvalue weighted by atomic mass is 9.92. The number of hydrogen-bond donors (Lipinski definition) is 1. The molecular formula is C19H23N5O2S. The standard InChI is InChI=1S/C19H23N5O2S/c1-5-24-17(13-9-7-6-8-10-13)21-22-18(24)27-12-15(25)20-16-11-14(23-26-16)19(2,3)4/h6-11H,5,12H2,1-4H3,(H,20,25). The Balaban J connectivity index is 1.64. The molecule has 3 rings (SSSR count). The van der Waals surface area contributed by atoms with Gasteiger partial charge in [0.1, 0.15) is 0 Å². The maximum atomic E-state index is 12.2. The van der Waals surface area contributed by atoms with Gasteiger partial charge in [-0.1, -0.05) is 68.0 Å². The first-order chi connectivity index (χ1) is 12.9. The Morgan fingerprint density at radius 3 is 2.59 bits per heavy atom. The zero-order valence-corrected chi connectivity index (χ0v) is 16.7. The molecule has 0 spiro atoms. The average molecular weight is 385 g/mol. The molecule has 1 amide bonds. The van der Waals surface area contributed by atoms with Crippen molar-refractivity contribution in [2.45, 2.75) is 44.8 Å². The second-order valence-corrected chi connectivity index (χ2v) is 8.02. The molecule has 3 aromatic rings. The minimum Gasteiger partial charge on any atom is -0.338 e. The van der Waals surface area contributed by atoms with E-state index in [2.05, 4.69) is 20.7 Å². The summed E-state index contributed by atoms with van der Waals surface area (Å²) < 4.78 is 7.20. The van der Waals surface area contributed by atoms with Gasteiger partial charge < -0.3 is 9.09 Å². The fourth-order valence-corrected chi connectivity index (χ4v) is 3.27. The van der Waals surface area contributed by atoms with E-state index in [0.717, 1.165) is 23.6 Å². The zero-order valence-electron chi connectivity index (χ0n) is 15.9. The minimum absolute atomic E-state index is 0.132. The van der Waals surface area contributed by atoms with Gasteiger partial charge in [-0.15, -0.1) is 10.2 Å². The number of anilines is 1. The molecule has 0 saturated heterocycles. The number of benzene rings is 1. The van der Waals surface area contributed by atoms with Gasteiger partial charge in [0, 0.05) is 23.6 Å². The Morgan fingerprint density at radius 2 is 1.96 bits per heavy atom. The second-order valence-electron chi connectivity index (χ2n) is 7.08. The molecule has 2 aromatic heterocycles. The monoisotopic (exact) mass is 385 g/mol. The Kier molecular flexibility index (Phi) is 5.65. The molecule has 0 aliphatic carbocycles. The summed E-state index contributed by atoms with van der Waals surface area (Å²) in [5, 5.41) is 16.0. The number of amides is 1. The van der Waals surface area contributed by atoms with Crippen molar-refractivity contribution >= 4 is 23.6 Å². The van der Waals surface area contributed by atoms with Crippen molar-refractivity contribution in [2.24, 2.45) is 0 Å². The molecule has 0 aliphatic rings. The Hall–Kier alpha value is -2.61. The van der Waals surface area contributed by atoms with E-state index in [1.54, 1.807) is 6.07 Å². The second kappa shape index (κ2) is 7.96. The molecule has 142 valence electrons. The van der Waals surface area contributed by atoms with Crippen molar-refractivity contribution in [3.05, 3.63) is 42.1 Å². The van der Waals surface area contributed by atoms with Crippen LogP contribution in [0.3, 0.4) is 0 Å². The summed E-state index contributed by atoms with van der Waals surface area (Å²) in [6.45, 7) is 8.86. The Morgan fingerprint density at radius 1 is 1.22 bits per heavy atom. The molecule has 27 heavy (non-hydrogen) atoms.